The standard InChI is InChI=1S/C16H14BrClO/c1-10-8-13-9-12(4-7-15(13)19-10)16(17)11-2-5-14(18)6-3-11/h2-7,9-10,16H,8H2,1H3. The number of hydrogen-bond acceptors (Lipinski definition) is 1. The highest BCUT2D eigenvalue weighted by molar-refractivity contribution is 9.09. The van der Waals surface area contributed by atoms with Crippen LogP contribution in [0.1, 0.15) is 28.4 Å². The molecule has 1 aliphatic rings. The van der Waals surface area contributed by atoms with E-state index in [0.717, 1.165) is 17.2 Å². The van der Waals surface area contributed by atoms with Crippen molar-refractivity contribution in [1.29, 1.82) is 0 Å². The lowest BCUT2D eigenvalue weighted by Gasteiger charge is -2.12. The van der Waals surface area contributed by atoms with E-state index in [1.54, 1.807) is 0 Å². The smallest absolute Gasteiger partial charge is 0.123 e. The maximum Gasteiger partial charge on any atom is 0.123 e. The first-order valence-electron chi connectivity index (χ1n) is 6.32. The Morgan fingerprint density at radius 3 is 2.58 bits per heavy atom. The Labute approximate surface area is 126 Å². The maximum absolute atomic E-state index is 5.92. The van der Waals surface area contributed by atoms with E-state index >= 15 is 0 Å². The lowest BCUT2D eigenvalue weighted by molar-refractivity contribution is 0.254. The highest BCUT2D eigenvalue weighted by atomic mass is 79.9. The van der Waals surface area contributed by atoms with Gasteiger partial charge in [0.2, 0.25) is 0 Å². The highest BCUT2D eigenvalue weighted by Gasteiger charge is 2.20. The summed E-state index contributed by atoms with van der Waals surface area (Å²) in [6.07, 6.45) is 1.28. The summed E-state index contributed by atoms with van der Waals surface area (Å²) in [5.41, 5.74) is 3.75. The van der Waals surface area contributed by atoms with Gasteiger partial charge in [0.05, 0.1) is 4.83 Å². The summed E-state index contributed by atoms with van der Waals surface area (Å²) < 4.78 is 5.73. The second-order valence-corrected chi connectivity index (χ2v) is 6.27. The minimum absolute atomic E-state index is 0.186. The lowest BCUT2D eigenvalue weighted by atomic mass is 10.0. The fourth-order valence-electron chi connectivity index (χ4n) is 2.42. The molecule has 2 atom stereocenters. The van der Waals surface area contributed by atoms with Crippen LogP contribution in [-0.2, 0) is 6.42 Å². The molecule has 19 heavy (non-hydrogen) atoms. The van der Waals surface area contributed by atoms with Crippen molar-refractivity contribution in [3.63, 3.8) is 0 Å². The molecule has 1 aliphatic heterocycles. The first-order chi connectivity index (χ1) is 9.13. The minimum Gasteiger partial charge on any atom is -0.490 e. The number of alkyl halides is 1. The summed E-state index contributed by atoms with van der Waals surface area (Å²) in [5, 5.41) is 0.764. The van der Waals surface area contributed by atoms with Gasteiger partial charge in [0, 0.05) is 11.4 Å². The van der Waals surface area contributed by atoms with Gasteiger partial charge in [-0.3, -0.25) is 0 Å². The third-order valence-corrected chi connectivity index (χ3v) is 4.68. The number of hydrogen-bond donors (Lipinski definition) is 0. The van der Waals surface area contributed by atoms with Crippen molar-refractivity contribution >= 4 is 27.5 Å². The number of ether oxygens (including phenoxy) is 1. The van der Waals surface area contributed by atoms with Crippen molar-refractivity contribution in [2.75, 3.05) is 0 Å². The monoisotopic (exact) mass is 336 g/mol. The molecular formula is C16H14BrClO. The summed E-state index contributed by atoms with van der Waals surface area (Å²) in [4.78, 5) is 0.186. The SMILES string of the molecule is CC1Cc2cc(C(Br)c3ccc(Cl)cc3)ccc2O1. The molecule has 1 heterocycles. The summed E-state index contributed by atoms with van der Waals surface area (Å²) in [5.74, 6) is 1.02. The lowest BCUT2D eigenvalue weighted by Crippen LogP contribution is -2.05. The normalized spacial score (nSPS) is 18.8. The van der Waals surface area contributed by atoms with Crippen LogP contribution in [0.4, 0.5) is 0 Å². The van der Waals surface area contributed by atoms with Crippen LogP contribution < -0.4 is 4.74 Å². The van der Waals surface area contributed by atoms with E-state index in [1.165, 1.54) is 16.7 Å². The van der Waals surface area contributed by atoms with E-state index in [0.29, 0.717) is 0 Å². The zero-order valence-electron chi connectivity index (χ0n) is 10.6. The van der Waals surface area contributed by atoms with E-state index in [1.807, 2.05) is 24.3 Å². The van der Waals surface area contributed by atoms with E-state index in [4.69, 9.17) is 16.3 Å². The molecule has 2 aromatic rings. The quantitative estimate of drug-likeness (QED) is 0.689. The molecule has 0 aromatic heterocycles. The van der Waals surface area contributed by atoms with Gasteiger partial charge in [-0.25, -0.2) is 0 Å². The van der Waals surface area contributed by atoms with Gasteiger partial charge in [-0.05, 0) is 41.8 Å². The van der Waals surface area contributed by atoms with Gasteiger partial charge < -0.3 is 4.74 Å². The Kier molecular flexibility index (Phi) is 3.55. The van der Waals surface area contributed by atoms with E-state index < -0.39 is 0 Å². The molecule has 0 amide bonds. The average Bonchev–Trinajstić information content (AvgIpc) is 2.77. The van der Waals surface area contributed by atoms with Crippen LogP contribution >= 0.6 is 27.5 Å². The molecule has 0 bridgehead atoms. The van der Waals surface area contributed by atoms with Crippen molar-refractivity contribution < 1.29 is 4.74 Å². The van der Waals surface area contributed by atoms with Crippen LogP contribution in [-0.4, -0.2) is 6.10 Å². The molecule has 98 valence electrons. The van der Waals surface area contributed by atoms with E-state index in [-0.39, 0.29) is 10.9 Å². The number of benzene rings is 2. The first kappa shape index (κ1) is 13.0. The molecule has 0 radical (unpaired) electrons. The highest BCUT2D eigenvalue weighted by Crippen LogP contribution is 2.36. The summed E-state index contributed by atoms with van der Waals surface area (Å²) in [6.45, 7) is 2.10. The van der Waals surface area contributed by atoms with Crippen molar-refractivity contribution in [2.24, 2.45) is 0 Å². The molecule has 0 N–H and O–H groups in total. The van der Waals surface area contributed by atoms with Gasteiger partial charge in [0.25, 0.3) is 0 Å². The van der Waals surface area contributed by atoms with Gasteiger partial charge in [-0.2, -0.15) is 0 Å². The zero-order chi connectivity index (χ0) is 13.4. The molecule has 0 fully saturated rings. The van der Waals surface area contributed by atoms with Crippen LogP contribution in [0.15, 0.2) is 42.5 Å². The Balaban J connectivity index is 1.90. The van der Waals surface area contributed by atoms with Gasteiger partial charge in [-0.1, -0.05) is 51.8 Å². The largest absolute Gasteiger partial charge is 0.490 e. The van der Waals surface area contributed by atoms with Crippen molar-refractivity contribution in [3.8, 4) is 5.75 Å². The van der Waals surface area contributed by atoms with Gasteiger partial charge in [0.1, 0.15) is 11.9 Å². The van der Waals surface area contributed by atoms with Crippen LogP contribution in [0.25, 0.3) is 0 Å². The number of halogens is 2. The van der Waals surface area contributed by atoms with Crippen molar-refractivity contribution in [1.82, 2.24) is 0 Å². The Bertz CT molecular complexity index is 594. The second-order valence-electron chi connectivity index (χ2n) is 4.91. The predicted octanol–water partition coefficient (Wildman–Crippen LogP) is 5.15. The van der Waals surface area contributed by atoms with Crippen LogP contribution in [0.2, 0.25) is 5.02 Å². The van der Waals surface area contributed by atoms with Crippen molar-refractivity contribution in [2.45, 2.75) is 24.3 Å². The molecule has 1 nitrogen and oxygen atoms in total. The molecule has 0 spiro atoms. The molecule has 0 aliphatic carbocycles. The molecule has 2 aromatic carbocycles. The molecule has 3 rings (SSSR count). The summed E-state index contributed by atoms with van der Waals surface area (Å²) in [6, 6.07) is 14.4. The molecule has 0 saturated heterocycles. The summed E-state index contributed by atoms with van der Waals surface area (Å²) >= 11 is 9.68. The fourth-order valence-corrected chi connectivity index (χ4v) is 3.14. The van der Waals surface area contributed by atoms with Gasteiger partial charge in [-0.15, -0.1) is 0 Å². The molecular weight excluding hydrogens is 324 g/mol. The number of fused-ring (bicyclic) bond motifs is 1. The number of rotatable bonds is 2. The summed E-state index contributed by atoms with van der Waals surface area (Å²) in [7, 11) is 0. The van der Waals surface area contributed by atoms with Gasteiger partial charge >= 0.3 is 0 Å². The Morgan fingerprint density at radius 2 is 1.84 bits per heavy atom. The predicted molar refractivity (Wildman–Crippen MR) is 82.5 cm³/mol. The first-order valence-corrected chi connectivity index (χ1v) is 7.62. The fraction of sp³-hybridized carbons (Fsp3) is 0.250. The van der Waals surface area contributed by atoms with E-state index in [2.05, 4.69) is 41.1 Å². The van der Waals surface area contributed by atoms with Gasteiger partial charge in [0.15, 0.2) is 0 Å². The Morgan fingerprint density at radius 1 is 1.16 bits per heavy atom. The molecule has 0 saturated carbocycles. The topological polar surface area (TPSA) is 9.23 Å². The third-order valence-electron chi connectivity index (χ3n) is 3.38. The second kappa shape index (κ2) is 5.18. The molecule has 3 heteroatoms. The Hall–Kier alpha value is -0.990. The average molecular weight is 338 g/mol. The van der Waals surface area contributed by atoms with Crippen LogP contribution in [0.3, 0.4) is 0 Å². The van der Waals surface area contributed by atoms with E-state index in [9.17, 15) is 0 Å². The minimum atomic E-state index is 0.186. The third kappa shape index (κ3) is 2.65. The zero-order valence-corrected chi connectivity index (χ0v) is 12.9. The van der Waals surface area contributed by atoms with Crippen LogP contribution in [0, 0.1) is 0 Å². The van der Waals surface area contributed by atoms with Crippen molar-refractivity contribution in [3.05, 3.63) is 64.2 Å². The van der Waals surface area contributed by atoms with Crippen LogP contribution in [0.5, 0.6) is 5.75 Å². The molecule has 2 unspecified atom stereocenters. The maximum atomic E-state index is 5.92.